The van der Waals surface area contributed by atoms with Crippen molar-refractivity contribution >= 4 is 0 Å². The van der Waals surface area contributed by atoms with Gasteiger partial charge in [-0.1, -0.05) is 6.92 Å². The first kappa shape index (κ1) is 22.4. The van der Waals surface area contributed by atoms with E-state index < -0.39 is 0 Å². The van der Waals surface area contributed by atoms with Crippen LogP contribution in [0.25, 0.3) is 0 Å². The zero-order chi connectivity index (χ0) is 8.83. The molecule has 0 rings (SSSR count). The summed E-state index contributed by atoms with van der Waals surface area (Å²) in [6, 6.07) is 0. The Morgan fingerprint density at radius 1 is 0.909 bits per heavy atom. The van der Waals surface area contributed by atoms with Gasteiger partial charge in [0, 0.05) is 6.61 Å². The summed E-state index contributed by atoms with van der Waals surface area (Å²) in [5.74, 6) is 0. The van der Waals surface area contributed by atoms with Gasteiger partial charge in [0.05, 0.1) is 13.2 Å². The smallest absolute Gasteiger partial charge is 0.0662 e. The second-order valence-corrected chi connectivity index (χ2v) is 1.17. The Balaban J connectivity index is -0.0000000339. The van der Waals surface area contributed by atoms with Crippen molar-refractivity contribution in [2.24, 2.45) is 0 Å². The summed E-state index contributed by atoms with van der Waals surface area (Å²) in [5, 5.41) is 23.1. The topological polar surface area (TPSA) is 92.2 Å². The average molecular weight is 168 g/mol. The molecule has 11 heavy (non-hydrogen) atoms. The molecular weight excluding hydrogens is 148 g/mol. The van der Waals surface area contributed by atoms with Gasteiger partial charge in [-0.05, 0) is 6.42 Å². The third-order valence-corrected chi connectivity index (χ3v) is 0.324. The van der Waals surface area contributed by atoms with E-state index in [4.69, 9.17) is 15.3 Å². The van der Waals surface area contributed by atoms with Crippen molar-refractivity contribution in [2.75, 3.05) is 19.8 Å². The Hall–Kier alpha value is -0.420. The molecule has 0 bridgehead atoms. The van der Waals surface area contributed by atoms with Gasteiger partial charge < -0.3 is 20.8 Å². The van der Waals surface area contributed by atoms with Crippen LogP contribution in [0, 0.1) is 0 Å². The molecule has 0 fully saturated rings. The second-order valence-electron chi connectivity index (χ2n) is 1.17. The lowest BCUT2D eigenvalue weighted by atomic mass is 10.5. The zero-order valence-corrected chi connectivity index (χ0v) is 7.08. The third kappa shape index (κ3) is 220. The molecule has 0 aromatic carbocycles. The molecule has 0 saturated heterocycles. The maximum Gasteiger partial charge on any atom is 0.0662 e. The van der Waals surface area contributed by atoms with E-state index in [2.05, 4.69) is 13.2 Å². The first-order valence-corrected chi connectivity index (χ1v) is 3.16. The van der Waals surface area contributed by atoms with Crippen LogP contribution in [0.5, 0.6) is 0 Å². The van der Waals surface area contributed by atoms with Crippen molar-refractivity contribution in [1.29, 1.82) is 0 Å². The van der Waals surface area contributed by atoms with Crippen LogP contribution in [0.3, 0.4) is 0 Å². The molecule has 0 aromatic rings. The second kappa shape index (κ2) is 55.0. The first-order valence-electron chi connectivity index (χ1n) is 3.16. The fourth-order valence-electron chi connectivity index (χ4n) is 0. The van der Waals surface area contributed by atoms with Crippen LogP contribution < -0.4 is 0 Å². The molecule has 0 radical (unpaired) electrons. The van der Waals surface area contributed by atoms with Crippen molar-refractivity contribution in [2.45, 2.75) is 13.3 Å². The molecule has 0 aliphatic rings. The predicted molar refractivity (Wildman–Crippen MR) is 46.4 cm³/mol. The van der Waals surface area contributed by atoms with Gasteiger partial charge in [0.25, 0.3) is 0 Å². The molecule has 4 nitrogen and oxygen atoms in total. The van der Waals surface area contributed by atoms with E-state index in [1.165, 1.54) is 0 Å². The van der Waals surface area contributed by atoms with Gasteiger partial charge in [-0.25, -0.2) is 0 Å². The van der Waals surface area contributed by atoms with Crippen LogP contribution in [0.2, 0.25) is 0 Å². The van der Waals surface area contributed by atoms with E-state index in [9.17, 15) is 0 Å². The number of aliphatic hydroxyl groups excluding tert-OH is 3. The van der Waals surface area contributed by atoms with Gasteiger partial charge in [0.2, 0.25) is 0 Å². The van der Waals surface area contributed by atoms with Crippen LogP contribution >= 0.6 is 0 Å². The van der Waals surface area contributed by atoms with Crippen LogP contribution in [0.4, 0.5) is 0 Å². The fourth-order valence-corrected chi connectivity index (χ4v) is 0. The first-order chi connectivity index (χ1) is 4.83. The highest BCUT2D eigenvalue weighted by Crippen LogP contribution is 1.61. The van der Waals surface area contributed by atoms with E-state index in [0.717, 1.165) is 6.42 Å². The average Bonchev–Trinajstić information content (AvgIpc) is 2.08. The summed E-state index contributed by atoms with van der Waals surface area (Å²) in [6.07, 6.45) is 0.875. The monoisotopic (exact) mass is 168 g/mol. The van der Waals surface area contributed by atoms with Crippen molar-refractivity contribution in [3.63, 3.8) is 0 Å². The fraction of sp³-hybridized carbons (Fsp3) is 0.714. The molecule has 0 spiro atoms. The van der Waals surface area contributed by atoms with Crippen LogP contribution in [-0.4, -0.2) is 40.6 Å². The number of aliphatic hydroxyl groups is 3. The summed E-state index contributed by atoms with van der Waals surface area (Å²) in [5.41, 5.74) is 0. The zero-order valence-electron chi connectivity index (χ0n) is 7.08. The SMILES string of the molecule is C=C.CCCO.O.OCCO. The van der Waals surface area contributed by atoms with Crippen LogP contribution in [-0.2, 0) is 0 Å². The Morgan fingerprint density at radius 3 is 1.09 bits per heavy atom. The molecular formula is C7H20O4. The molecule has 0 unspecified atom stereocenters. The molecule has 0 saturated carbocycles. The largest absolute Gasteiger partial charge is 0.412 e. The van der Waals surface area contributed by atoms with Crippen molar-refractivity contribution < 1.29 is 20.8 Å². The molecule has 72 valence electrons. The molecule has 0 aliphatic carbocycles. The number of hydrogen-bond donors (Lipinski definition) is 3. The Kier molecular flexibility index (Phi) is 112. The summed E-state index contributed by atoms with van der Waals surface area (Å²) < 4.78 is 0. The highest BCUT2D eigenvalue weighted by atomic mass is 16.3. The molecule has 4 heteroatoms. The van der Waals surface area contributed by atoms with Crippen molar-refractivity contribution in [3.8, 4) is 0 Å². The Bertz CT molecular complexity index is 25.6. The van der Waals surface area contributed by atoms with Crippen molar-refractivity contribution in [1.82, 2.24) is 0 Å². The van der Waals surface area contributed by atoms with E-state index in [1.54, 1.807) is 0 Å². The lowest BCUT2D eigenvalue weighted by Gasteiger charge is -1.70. The van der Waals surface area contributed by atoms with Gasteiger partial charge >= 0.3 is 0 Å². The lowest BCUT2D eigenvalue weighted by molar-refractivity contribution is 0.186. The maximum absolute atomic E-state index is 7.88. The Morgan fingerprint density at radius 2 is 1.09 bits per heavy atom. The van der Waals surface area contributed by atoms with Gasteiger partial charge in [-0.15, -0.1) is 13.2 Å². The summed E-state index contributed by atoms with van der Waals surface area (Å²) in [7, 11) is 0. The van der Waals surface area contributed by atoms with E-state index in [1.807, 2.05) is 6.92 Å². The molecule has 0 aromatic heterocycles. The summed E-state index contributed by atoms with van der Waals surface area (Å²) in [6.45, 7) is 8.00. The minimum Gasteiger partial charge on any atom is -0.412 e. The molecule has 0 amide bonds. The normalized spacial score (nSPS) is 5.82. The molecule has 0 heterocycles. The van der Waals surface area contributed by atoms with Gasteiger partial charge in [-0.2, -0.15) is 0 Å². The van der Waals surface area contributed by atoms with Gasteiger partial charge in [-0.3, -0.25) is 0 Å². The summed E-state index contributed by atoms with van der Waals surface area (Å²) >= 11 is 0. The minimum absolute atomic E-state index is 0. The molecule has 0 aliphatic heterocycles. The van der Waals surface area contributed by atoms with Gasteiger partial charge in [0.1, 0.15) is 0 Å². The van der Waals surface area contributed by atoms with Crippen molar-refractivity contribution in [3.05, 3.63) is 13.2 Å². The predicted octanol–water partition coefficient (Wildman–Crippen LogP) is -0.663. The van der Waals surface area contributed by atoms with Crippen LogP contribution in [0.1, 0.15) is 13.3 Å². The lowest BCUT2D eigenvalue weighted by Crippen LogP contribution is -1.85. The highest BCUT2D eigenvalue weighted by Gasteiger charge is 1.58. The quantitative estimate of drug-likeness (QED) is 0.478. The standard InChI is InChI=1S/C3H8O.C2H6O2.C2H4.H2O/c1-2-3-4;3-1-2-4;1-2;/h4H,2-3H2,1H3;3-4H,1-2H2;1-2H2;1H2. The summed E-state index contributed by atoms with van der Waals surface area (Å²) in [4.78, 5) is 0. The van der Waals surface area contributed by atoms with Crippen LogP contribution in [0.15, 0.2) is 13.2 Å². The molecule has 0 atom stereocenters. The number of hydrogen-bond acceptors (Lipinski definition) is 3. The highest BCUT2D eigenvalue weighted by molar-refractivity contribution is 4.22. The third-order valence-electron chi connectivity index (χ3n) is 0.324. The van der Waals surface area contributed by atoms with E-state index >= 15 is 0 Å². The Labute approximate surface area is 68.1 Å². The van der Waals surface area contributed by atoms with Gasteiger partial charge in [0.15, 0.2) is 0 Å². The van der Waals surface area contributed by atoms with E-state index in [0.29, 0.717) is 6.61 Å². The molecule has 5 N–H and O–H groups in total. The number of rotatable bonds is 2. The maximum atomic E-state index is 7.88. The van der Waals surface area contributed by atoms with E-state index in [-0.39, 0.29) is 18.7 Å². The minimum atomic E-state index is -0.125.